The van der Waals surface area contributed by atoms with Crippen LogP contribution in [0.5, 0.6) is 5.75 Å². The van der Waals surface area contributed by atoms with Crippen molar-refractivity contribution in [3.63, 3.8) is 0 Å². The van der Waals surface area contributed by atoms with Crippen LogP contribution in [0.2, 0.25) is 5.02 Å². The fraction of sp³-hybridized carbons (Fsp3) is 0.353. The number of benzene rings is 1. The number of ether oxygens (including phenoxy) is 1. The average Bonchev–Trinajstić information content (AvgIpc) is 2.64. The number of nitrogens with one attached hydrogen (secondary N) is 1. The van der Waals surface area contributed by atoms with Crippen LogP contribution in [-0.2, 0) is 4.79 Å². The maximum absolute atomic E-state index is 11.4. The summed E-state index contributed by atoms with van der Waals surface area (Å²) in [7, 11) is 1.62. The average molecular weight is 362 g/mol. The van der Waals surface area contributed by atoms with Gasteiger partial charge in [-0.3, -0.25) is 4.79 Å². The molecule has 1 saturated heterocycles. The Kier molecular flexibility index (Phi) is 5.23. The van der Waals surface area contributed by atoms with Crippen LogP contribution < -0.4 is 15.0 Å². The lowest BCUT2D eigenvalue weighted by molar-refractivity contribution is -0.129. The molecule has 1 fully saturated rings. The van der Waals surface area contributed by atoms with Crippen LogP contribution in [-0.4, -0.2) is 54.1 Å². The summed E-state index contributed by atoms with van der Waals surface area (Å²) in [5.74, 6) is 1.34. The van der Waals surface area contributed by atoms with Gasteiger partial charge in [-0.15, -0.1) is 0 Å². The lowest BCUT2D eigenvalue weighted by Crippen LogP contribution is -2.48. The lowest BCUT2D eigenvalue weighted by Gasteiger charge is -2.35. The molecule has 132 valence electrons. The third-order valence-electron chi connectivity index (χ3n) is 4.20. The second kappa shape index (κ2) is 7.57. The van der Waals surface area contributed by atoms with Gasteiger partial charge in [0.2, 0.25) is 5.91 Å². The van der Waals surface area contributed by atoms with Gasteiger partial charge in [0, 0.05) is 44.9 Å². The Hall–Kier alpha value is -2.54. The smallest absolute Gasteiger partial charge is 0.219 e. The minimum absolute atomic E-state index is 0.124. The quantitative estimate of drug-likeness (QED) is 0.902. The van der Waals surface area contributed by atoms with Crippen molar-refractivity contribution < 1.29 is 9.53 Å². The van der Waals surface area contributed by atoms with Gasteiger partial charge in [-0.1, -0.05) is 11.6 Å². The number of piperazine rings is 1. The molecule has 1 N–H and O–H groups in total. The molecule has 1 aliphatic rings. The zero-order chi connectivity index (χ0) is 17.8. The maximum atomic E-state index is 11.4. The molecular formula is C17H20ClN5O2. The van der Waals surface area contributed by atoms with Crippen molar-refractivity contribution in [1.82, 2.24) is 14.9 Å². The molecular weight excluding hydrogens is 342 g/mol. The number of carbonyl (C=O) groups is 1. The molecule has 0 atom stereocenters. The Bertz CT molecular complexity index is 762. The molecule has 7 nitrogen and oxygen atoms in total. The second-order valence-corrected chi connectivity index (χ2v) is 6.13. The van der Waals surface area contributed by atoms with E-state index in [1.54, 1.807) is 14.0 Å². The zero-order valence-corrected chi connectivity index (χ0v) is 15.0. The largest absolute Gasteiger partial charge is 0.494 e. The monoisotopic (exact) mass is 361 g/mol. The number of methoxy groups -OCH3 is 1. The van der Waals surface area contributed by atoms with Crippen molar-refractivity contribution in [2.24, 2.45) is 0 Å². The molecule has 3 rings (SSSR count). The van der Waals surface area contributed by atoms with Crippen LogP contribution in [0.25, 0.3) is 0 Å². The first-order chi connectivity index (χ1) is 12.1. The van der Waals surface area contributed by atoms with Crippen LogP contribution in [0.1, 0.15) is 6.92 Å². The number of hydrogen-bond donors (Lipinski definition) is 1. The summed E-state index contributed by atoms with van der Waals surface area (Å²) in [4.78, 5) is 23.5. The van der Waals surface area contributed by atoms with Crippen LogP contribution in [0.3, 0.4) is 0 Å². The number of rotatable bonds is 4. The number of aromatic nitrogens is 2. The minimum Gasteiger partial charge on any atom is -0.494 e. The summed E-state index contributed by atoms with van der Waals surface area (Å²) in [5.41, 5.74) is 1.83. The van der Waals surface area contributed by atoms with E-state index in [-0.39, 0.29) is 5.91 Å². The fourth-order valence-corrected chi connectivity index (χ4v) is 2.94. The molecule has 25 heavy (non-hydrogen) atoms. The van der Waals surface area contributed by atoms with Crippen LogP contribution >= 0.6 is 11.6 Å². The van der Waals surface area contributed by atoms with Gasteiger partial charge in [0.15, 0.2) is 5.82 Å². The number of anilines is 3. The van der Waals surface area contributed by atoms with E-state index in [2.05, 4.69) is 20.2 Å². The van der Waals surface area contributed by atoms with Gasteiger partial charge >= 0.3 is 0 Å². The van der Waals surface area contributed by atoms with Crippen molar-refractivity contribution in [2.75, 3.05) is 43.5 Å². The topological polar surface area (TPSA) is 70.6 Å². The van der Waals surface area contributed by atoms with Crippen molar-refractivity contribution in [2.45, 2.75) is 6.92 Å². The molecule has 1 aromatic carbocycles. The van der Waals surface area contributed by atoms with Crippen molar-refractivity contribution >= 4 is 34.7 Å². The molecule has 1 aromatic heterocycles. The Morgan fingerprint density at radius 3 is 2.68 bits per heavy atom. The Balaban J connectivity index is 1.76. The Labute approximate surface area is 151 Å². The standard InChI is InChI=1S/C17H20ClN5O2/c1-12(24)22-5-7-23(8-6-22)13-3-4-15(16(9-13)25-2)21-17-14(18)10-19-11-20-17/h3-4,9-11H,5-8H2,1-2H3,(H,19,20,21). The molecule has 2 aromatic rings. The highest BCUT2D eigenvalue weighted by molar-refractivity contribution is 6.32. The van der Waals surface area contributed by atoms with E-state index in [0.29, 0.717) is 16.6 Å². The molecule has 0 unspecified atom stereocenters. The van der Waals surface area contributed by atoms with Crippen LogP contribution in [0.4, 0.5) is 17.2 Å². The highest BCUT2D eigenvalue weighted by Crippen LogP contribution is 2.33. The van der Waals surface area contributed by atoms with Crippen LogP contribution in [0, 0.1) is 0 Å². The van der Waals surface area contributed by atoms with E-state index < -0.39 is 0 Å². The van der Waals surface area contributed by atoms with Crippen LogP contribution in [0.15, 0.2) is 30.7 Å². The van der Waals surface area contributed by atoms with Crippen molar-refractivity contribution in [1.29, 1.82) is 0 Å². The molecule has 0 spiro atoms. The van der Waals surface area contributed by atoms with E-state index in [1.165, 1.54) is 12.5 Å². The first-order valence-corrected chi connectivity index (χ1v) is 8.37. The molecule has 8 heteroatoms. The summed E-state index contributed by atoms with van der Waals surface area (Å²) >= 11 is 6.09. The summed E-state index contributed by atoms with van der Waals surface area (Å²) < 4.78 is 5.51. The number of nitrogens with zero attached hydrogens (tertiary/aromatic N) is 4. The predicted octanol–water partition coefficient (Wildman–Crippen LogP) is 2.55. The van der Waals surface area contributed by atoms with Gasteiger partial charge in [0.25, 0.3) is 0 Å². The number of hydrogen-bond acceptors (Lipinski definition) is 6. The lowest BCUT2D eigenvalue weighted by atomic mass is 10.2. The van der Waals surface area contributed by atoms with E-state index in [0.717, 1.165) is 37.6 Å². The Morgan fingerprint density at radius 2 is 2.04 bits per heavy atom. The highest BCUT2D eigenvalue weighted by Gasteiger charge is 2.19. The van der Waals surface area contributed by atoms with Crippen molar-refractivity contribution in [3.05, 3.63) is 35.7 Å². The van der Waals surface area contributed by atoms with Gasteiger partial charge in [0.1, 0.15) is 17.1 Å². The van der Waals surface area contributed by atoms with Gasteiger partial charge in [-0.05, 0) is 12.1 Å². The van der Waals surface area contributed by atoms with E-state index >= 15 is 0 Å². The van der Waals surface area contributed by atoms with Crippen molar-refractivity contribution in [3.8, 4) is 5.75 Å². The summed E-state index contributed by atoms with van der Waals surface area (Å²) in [6.45, 7) is 4.67. The molecule has 0 bridgehead atoms. The minimum atomic E-state index is 0.124. The first-order valence-electron chi connectivity index (χ1n) is 7.99. The Morgan fingerprint density at radius 1 is 1.28 bits per heavy atom. The summed E-state index contributed by atoms with van der Waals surface area (Å²) in [6.07, 6.45) is 2.97. The maximum Gasteiger partial charge on any atom is 0.219 e. The molecule has 1 aliphatic heterocycles. The third kappa shape index (κ3) is 3.93. The number of halogens is 1. The normalized spacial score (nSPS) is 14.4. The first kappa shape index (κ1) is 17.3. The third-order valence-corrected chi connectivity index (χ3v) is 4.47. The summed E-state index contributed by atoms with van der Waals surface area (Å²) in [6, 6.07) is 5.92. The van der Waals surface area contributed by atoms with E-state index in [1.807, 2.05) is 23.1 Å². The summed E-state index contributed by atoms with van der Waals surface area (Å²) in [5, 5.41) is 3.60. The molecule has 2 heterocycles. The molecule has 1 amide bonds. The number of amides is 1. The fourth-order valence-electron chi connectivity index (χ4n) is 2.79. The van der Waals surface area contributed by atoms with E-state index in [4.69, 9.17) is 16.3 Å². The van der Waals surface area contributed by atoms with Gasteiger partial charge in [-0.2, -0.15) is 0 Å². The predicted molar refractivity (Wildman–Crippen MR) is 97.8 cm³/mol. The zero-order valence-electron chi connectivity index (χ0n) is 14.2. The van der Waals surface area contributed by atoms with Gasteiger partial charge in [0.05, 0.1) is 19.0 Å². The van der Waals surface area contributed by atoms with E-state index in [9.17, 15) is 4.79 Å². The van der Waals surface area contributed by atoms with Gasteiger partial charge < -0.3 is 19.9 Å². The SMILES string of the molecule is COc1cc(N2CCN(C(C)=O)CC2)ccc1Nc1ncncc1Cl. The molecule has 0 saturated carbocycles. The second-order valence-electron chi connectivity index (χ2n) is 5.72. The molecule has 0 aliphatic carbocycles. The van der Waals surface area contributed by atoms with Gasteiger partial charge in [-0.25, -0.2) is 9.97 Å². The highest BCUT2D eigenvalue weighted by atomic mass is 35.5. The number of carbonyl (C=O) groups excluding carboxylic acids is 1. The molecule has 0 radical (unpaired) electrons.